The van der Waals surface area contributed by atoms with Gasteiger partial charge < -0.3 is 15.4 Å². The lowest BCUT2D eigenvalue weighted by molar-refractivity contribution is 0.0526. The van der Waals surface area contributed by atoms with Crippen LogP contribution in [0.5, 0.6) is 0 Å². The molecule has 0 unspecified atom stereocenters. The first-order valence-electron chi connectivity index (χ1n) is 8.66. The van der Waals surface area contributed by atoms with Crippen LogP contribution in [0.15, 0.2) is 54.9 Å². The first-order valence-corrected chi connectivity index (χ1v) is 8.66. The highest BCUT2D eigenvalue weighted by molar-refractivity contribution is 5.89. The monoisotopic (exact) mass is 363 g/mol. The van der Waals surface area contributed by atoms with Gasteiger partial charge in [0.1, 0.15) is 5.82 Å². The third-order valence-corrected chi connectivity index (χ3v) is 3.73. The van der Waals surface area contributed by atoms with Gasteiger partial charge in [0.05, 0.1) is 12.2 Å². The number of hydrogen-bond acceptors (Lipinski definition) is 7. The highest BCUT2D eigenvalue weighted by Gasteiger charge is 2.07. The number of anilines is 3. The first-order chi connectivity index (χ1) is 13.1. The molecule has 1 aromatic carbocycles. The summed E-state index contributed by atoms with van der Waals surface area (Å²) in [5, 5.41) is 6.44. The van der Waals surface area contributed by atoms with Crippen molar-refractivity contribution in [1.82, 2.24) is 15.0 Å². The minimum absolute atomic E-state index is 0.335. The van der Waals surface area contributed by atoms with Gasteiger partial charge in [0.15, 0.2) is 0 Å². The third-order valence-electron chi connectivity index (χ3n) is 3.73. The number of hydrogen-bond donors (Lipinski definition) is 2. The zero-order chi connectivity index (χ0) is 19.1. The van der Waals surface area contributed by atoms with Crippen molar-refractivity contribution in [2.75, 3.05) is 17.2 Å². The maximum absolute atomic E-state index is 11.7. The van der Waals surface area contributed by atoms with E-state index < -0.39 is 0 Å². The molecule has 0 radical (unpaired) electrons. The van der Waals surface area contributed by atoms with E-state index in [2.05, 4.69) is 25.6 Å². The van der Waals surface area contributed by atoms with Crippen molar-refractivity contribution in [3.05, 3.63) is 71.7 Å². The van der Waals surface area contributed by atoms with Crippen molar-refractivity contribution in [2.45, 2.75) is 20.4 Å². The van der Waals surface area contributed by atoms with E-state index in [0.29, 0.717) is 24.7 Å². The quantitative estimate of drug-likeness (QED) is 0.619. The molecule has 0 saturated heterocycles. The Balaban J connectivity index is 1.68. The molecule has 0 atom stereocenters. The summed E-state index contributed by atoms with van der Waals surface area (Å²) < 4.78 is 4.98. The van der Waals surface area contributed by atoms with E-state index in [1.165, 1.54) is 0 Å². The van der Waals surface area contributed by atoms with Gasteiger partial charge in [-0.2, -0.15) is 4.98 Å². The summed E-state index contributed by atoms with van der Waals surface area (Å²) >= 11 is 0. The highest BCUT2D eigenvalue weighted by Crippen LogP contribution is 2.17. The number of esters is 1. The number of aromatic nitrogens is 3. The molecule has 0 aliphatic rings. The Morgan fingerprint density at radius 3 is 2.52 bits per heavy atom. The molecule has 0 bridgehead atoms. The number of carbonyl (C=O) groups excluding carboxylic acids is 1. The molecule has 0 fully saturated rings. The Hall–Kier alpha value is -3.48. The Kier molecular flexibility index (Phi) is 5.94. The van der Waals surface area contributed by atoms with Crippen LogP contribution < -0.4 is 10.6 Å². The largest absolute Gasteiger partial charge is 0.462 e. The molecule has 0 amide bonds. The van der Waals surface area contributed by atoms with Crippen LogP contribution in [0, 0.1) is 6.92 Å². The topological polar surface area (TPSA) is 89.0 Å². The van der Waals surface area contributed by atoms with Crippen molar-refractivity contribution < 1.29 is 9.53 Å². The van der Waals surface area contributed by atoms with Crippen LogP contribution in [0.3, 0.4) is 0 Å². The van der Waals surface area contributed by atoms with Crippen molar-refractivity contribution in [1.29, 1.82) is 0 Å². The molecule has 3 aromatic rings. The Bertz CT molecular complexity index is 898. The number of nitrogens with one attached hydrogen (secondary N) is 2. The summed E-state index contributed by atoms with van der Waals surface area (Å²) in [6.07, 6.45) is 3.52. The second kappa shape index (κ2) is 8.75. The summed E-state index contributed by atoms with van der Waals surface area (Å²) in [5.41, 5.74) is 3.25. The minimum Gasteiger partial charge on any atom is -0.462 e. The normalized spacial score (nSPS) is 10.3. The Morgan fingerprint density at radius 2 is 1.81 bits per heavy atom. The fourth-order valence-electron chi connectivity index (χ4n) is 2.44. The average Bonchev–Trinajstić information content (AvgIpc) is 2.67. The predicted octanol–water partition coefficient (Wildman–Crippen LogP) is 3.71. The fourth-order valence-corrected chi connectivity index (χ4v) is 2.44. The number of ether oxygens (including phenoxy) is 1. The van der Waals surface area contributed by atoms with E-state index in [1.54, 1.807) is 43.6 Å². The van der Waals surface area contributed by atoms with Crippen LogP contribution in [0.4, 0.5) is 17.5 Å². The predicted molar refractivity (Wildman–Crippen MR) is 104 cm³/mol. The third kappa shape index (κ3) is 5.24. The van der Waals surface area contributed by atoms with Gasteiger partial charge in [-0.3, -0.25) is 4.98 Å². The molecule has 0 aliphatic carbocycles. The highest BCUT2D eigenvalue weighted by atomic mass is 16.5. The zero-order valence-corrected chi connectivity index (χ0v) is 15.3. The molecule has 0 spiro atoms. The Labute approximate surface area is 157 Å². The number of aryl methyl sites for hydroxylation is 1. The van der Waals surface area contributed by atoms with Crippen LogP contribution in [-0.2, 0) is 11.3 Å². The molecule has 0 aliphatic heterocycles. The Morgan fingerprint density at radius 1 is 1.07 bits per heavy atom. The van der Waals surface area contributed by atoms with Gasteiger partial charge in [0, 0.05) is 36.4 Å². The van der Waals surface area contributed by atoms with Gasteiger partial charge in [-0.15, -0.1) is 0 Å². The SMILES string of the molecule is CCOC(=O)c1ccc(Nc2nc(C)cc(NCc3ccncc3)n2)cc1. The van der Waals surface area contributed by atoms with Gasteiger partial charge in [0.2, 0.25) is 5.95 Å². The molecule has 2 N–H and O–H groups in total. The smallest absolute Gasteiger partial charge is 0.338 e. The van der Waals surface area contributed by atoms with E-state index in [1.807, 2.05) is 25.1 Å². The zero-order valence-electron chi connectivity index (χ0n) is 15.3. The average molecular weight is 363 g/mol. The van der Waals surface area contributed by atoms with Crippen molar-refractivity contribution >= 4 is 23.4 Å². The molecule has 138 valence electrons. The van der Waals surface area contributed by atoms with E-state index in [0.717, 1.165) is 22.8 Å². The fraction of sp³-hybridized carbons (Fsp3) is 0.200. The molecule has 7 heteroatoms. The van der Waals surface area contributed by atoms with Crippen molar-refractivity contribution in [3.63, 3.8) is 0 Å². The number of pyridine rings is 1. The van der Waals surface area contributed by atoms with Gasteiger partial charge in [-0.05, 0) is 55.8 Å². The molecule has 2 aromatic heterocycles. The second-order valence-corrected chi connectivity index (χ2v) is 5.85. The maximum atomic E-state index is 11.7. The van der Waals surface area contributed by atoms with Crippen molar-refractivity contribution in [3.8, 4) is 0 Å². The minimum atomic E-state index is -0.335. The summed E-state index contributed by atoms with van der Waals surface area (Å²) in [6, 6.07) is 12.8. The van der Waals surface area contributed by atoms with E-state index in [4.69, 9.17) is 4.74 Å². The molecular formula is C20H21N5O2. The van der Waals surface area contributed by atoms with Crippen LogP contribution in [0.2, 0.25) is 0 Å². The molecule has 27 heavy (non-hydrogen) atoms. The molecule has 2 heterocycles. The first kappa shape index (κ1) is 18.3. The summed E-state index contributed by atoms with van der Waals surface area (Å²) in [4.78, 5) is 24.6. The van der Waals surface area contributed by atoms with Crippen LogP contribution in [0.1, 0.15) is 28.5 Å². The maximum Gasteiger partial charge on any atom is 0.338 e. The van der Waals surface area contributed by atoms with Gasteiger partial charge in [0.25, 0.3) is 0 Å². The van der Waals surface area contributed by atoms with Crippen LogP contribution in [0.25, 0.3) is 0 Å². The molecule has 3 rings (SSSR count). The molecule has 0 saturated carbocycles. The number of benzene rings is 1. The second-order valence-electron chi connectivity index (χ2n) is 5.85. The van der Waals surface area contributed by atoms with Gasteiger partial charge in [-0.25, -0.2) is 9.78 Å². The lowest BCUT2D eigenvalue weighted by atomic mass is 10.2. The van der Waals surface area contributed by atoms with Gasteiger partial charge in [-0.1, -0.05) is 0 Å². The number of nitrogens with zero attached hydrogens (tertiary/aromatic N) is 3. The van der Waals surface area contributed by atoms with E-state index in [9.17, 15) is 4.79 Å². The molecule has 7 nitrogen and oxygen atoms in total. The summed E-state index contributed by atoms with van der Waals surface area (Å²) in [6.45, 7) is 4.69. The molecular weight excluding hydrogens is 342 g/mol. The van der Waals surface area contributed by atoms with E-state index >= 15 is 0 Å². The number of rotatable bonds is 7. The van der Waals surface area contributed by atoms with Crippen LogP contribution >= 0.6 is 0 Å². The summed E-state index contributed by atoms with van der Waals surface area (Å²) in [5.74, 6) is 0.875. The summed E-state index contributed by atoms with van der Waals surface area (Å²) in [7, 11) is 0. The van der Waals surface area contributed by atoms with Gasteiger partial charge >= 0.3 is 5.97 Å². The van der Waals surface area contributed by atoms with Crippen LogP contribution in [-0.4, -0.2) is 27.5 Å². The van der Waals surface area contributed by atoms with E-state index in [-0.39, 0.29) is 5.97 Å². The van der Waals surface area contributed by atoms with Crippen molar-refractivity contribution in [2.24, 2.45) is 0 Å². The number of carbonyl (C=O) groups is 1. The standard InChI is InChI=1S/C20H21N5O2/c1-3-27-19(26)16-4-6-17(7-5-16)24-20-23-14(2)12-18(25-20)22-13-15-8-10-21-11-9-15/h4-12H,3,13H2,1-2H3,(H2,22,23,24,25). The lowest BCUT2D eigenvalue weighted by Gasteiger charge is -2.10. The lowest BCUT2D eigenvalue weighted by Crippen LogP contribution is -2.06.